The first-order valence-corrected chi connectivity index (χ1v) is 3.32. The molecule has 56 valence electrons. The maximum absolute atomic E-state index is 5.62. The van der Waals surface area contributed by atoms with Crippen LogP contribution in [0.2, 0.25) is 0 Å². The minimum atomic E-state index is -0.518. The molecule has 0 saturated carbocycles. The molecule has 0 bridgehead atoms. The summed E-state index contributed by atoms with van der Waals surface area (Å²) in [7, 11) is 0. The molecule has 3 nitrogen and oxygen atoms in total. The average molecular weight is 132 g/mol. The Morgan fingerprint density at radius 3 is 2.44 bits per heavy atom. The lowest BCUT2D eigenvalue weighted by Crippen LogP contribution is -2.43. The second-order valence-electron chi connectivity index (χ2n) is 2.27. The first-order valence-electron chi connectivity index (χ1n) is 3.32. The second-order valence-corrected chi connectivity index (χ2v) is 2.27. The van der Waals surface area contributed by atoms with Crippen LogP contribution in [0.3, 0.4) is 0 Å². The van der Waals surface area contributed by atoms with Crippen molar-refractivity contribution in [3.8, 4) is 0 Å². The number of hydrogen-bond acceptors (Lipinski definition) is 3. The third-order valence-electron chi connectivity index (χ3n) is 1.15. The SMILES string of the molecule is CCNOC(C)(N)CC. The highest BCUT2D eigenvalue weighted by molar-refractivity contribution is 4.60. The number of hydroxylamine groups is 1. The van der Waals surface area contributed by atoms with Gasteiger partial charge in [-0.3, -0.25) is 4.84 Å². The Bertz CT molecular complexity index is 73.5. The summed E-state index contributed by atoms with van der Waals surface area (Å²) in [5.74, 6) is 0. The molecule has 0 fully saturated rings. The Hall–Kier alpha value is -0.120. The molecule has 0 aromatic carbocycles. The quantitative estimate of drug-likeness (QED) is 0.435. The molecule has 9 heavy (non-hydrogen) atoms. The standard InChI is InChI=1S/C6H16N2O/c1-4-6(3,7)9-8-5-2/h8H,4-5,7H2,1-3H3. The summed E-state index contributed by atoms with van der Waals surface area (Å²) >= 11 is 0. The van der Waals surface area contributed by atoms with Gasteiger partial charge in [-0.15, -0.1) is 0 Å². The van der Waals surface area contributed by atoms with E-state index >= 15 is 0 Å². The van der Waals surface area contributed by atoms with E-state index in [4.69, 9.17) is 10.6 Å². The van der Waals surface area contributed by atoms with E-state index in [1.807, 2.05) is 20.8 Å². The highest BCUT2D eigenvalue weighted by Crippen LogP contribution is 2.02. The molecule has 0 amide bonds. The lowest BCUT2D eigenvalue weighted by atomic mass is 10.2. The normalized spacial score (nSPS) is 17.3. The van der Waals surface area contributed by atoms with Crippen molar-refractivity contribution in [3.63, 3.8) is 0 Å². The summed E-state index contributed by atoms with van der Waals surface area (Å²) in [4.78, 5) is 5.06. The van der Waals surface area contributed by atoms with Gasteiger partial charge in [0.1, 0.15) is 5.72 Å². The smallest absolute Gasteiger partial charge is 0.134 e. The van der Waals surface area contributed by atoms with Gasteiger partial charge in [0.25, 0.3) is 0 Å². The molecule has 0 rings (SSSR count). The summed E-state index contributed by atoms with van der Waals surface area (Å²) in [6.45, 7) is 6.57. The van der Waals surface area contributed by atoms with E-state index in [-0.39, 0.29) is 0 Å². The minimum absolute atomic E-state index is 0.518. The van der Waals surface area contributed by atoms with Crippen molar-refractivity contribution in [1.82, 2.24) is 5.48 Å². The molecule has 0 aliphatic heterocycles. The third-order valence-corrected chi connectivity index (χ3v) is 1.15. The van der Waals surface area contributed by atoms with Gasteiger partial charge in [0.05, 0.1) is 0 Å². The van der Waals surface area contributed by atoms with E-state index in [1.54, 1.807) is 0 Å². The van der Waals surface area contributed by atoms with Gasteiger partial charge in [-0.2, -0.15) is 0 Å². The predicted octanol–water partition coefficient (Wildman–Crippen LogP) is 0.612. The number of hydrogen-bond donors (Lipinski definition) is 2. The van der Waals surface area contributed by atoms with Crippen LogP contribution < -0.4 is 11.2 Å². The molecule has 1 unspecified atom stereocenters. The van der Waals surface area contributed by atoms with Gasteiger partial charge < -0.3 is 5.73 Å². The molecule has 0 aliphatic carbocycles. The summed E-state index contributed by atoms with van der Waals surface area (Å²) in [6, 6.07) is 0. The van der Waals surface area contributed by atoms with Gasteiger partial charge in [-0.05, 0) is 13.3 Å². The first-order chi connectivity index (χ1) is 4.12. The zero-order valence-corrected chi connectivity index (χ0v) is 6.40. The highest BCUT2D eigenvalue weighted by Gasteiger charge is 2.14. The van der Waals surface area contributed by atoms with Gasteiger partial charge in [0.15, 0.2) is 0 Å². The third kappa shape index (κ3) is 4.39. The van der Waals surface area contributed by atoms with Crippen molar-refractivity contribution in [2.75, 3.05) is 6.54 Å². The molecule has 0 saturated heterocycles. The zero-order valence-electron chi connectivity index (χ0n) is 6.40. The van der Waals surface area contributed by atoms with Crippen molar-refractivity contribution >= 4 is 0 Å². The highest BCUT2D eigenvalue weighted by atomic mass is 16.7. The molecule has 0 radical (unpaired) electrons. The number of rotatable bonds is 4. The summed E-state index contributed by atoms with van der Waals surface area (Å²) in [6.07, 6.45) is 0.806. The van der Waals surface area contributed by atoms with Gasteiger partial charge in [-0.1, -0.05) is 13.8 Å². The average Bonchev–Trinajstić information content (AvgIpc) is 1.84. The Kier molecular flexibility index (Phi) is 3.77. The molecule has 0 heterocycles. The summed E-state index contributed by atoms with van der Waals surface area (Å²) < 4.78 is 0. The zero-order chi connectivity index (χ0) is 7.33. The van der Waals surface area contributed by atoms with Gasteiger partial charge in [-0.25, -0.2) is 5.48 Å². The van der Waals surface area contributed by atoms with Crippen LogP contribution >= 0.6 is 0 Å². The van der Waals surface area contributed by atoms with E-state index in [1.165, 1.54) is 0 Å². The predicted molar refractivity (Wildman–Crippen MR) is 37.6 cm³/mol. The Morgan fingerprint density at radius 2 is 2.11 bits per heavy atom. The van der Waals surface area contributed by atoms with Crippen molar-refractivity contribution in [1.29, 1.82) is 0 Å². The fourth-order valence-electron chi connectivity index (χ4n) is 0.309. The lowest BCUT2D eigenvalue weighted by Gasteiger charge is -2.22. The topological polar surface area (TPSA) is 47.3 Å². The molecule has 3 heteroatoms. The van der Waals surface area contributed by atoms with Gasteiger partial charge in [0.2, 0.25) is 0 Å². The van der Waals surface area contributed by atoms with Crippen LogP contribution in [0.1, 0.15) is 27.2 Å². The van der Waals surface area contributed by atoms with E-state index < -0.39 is 5.72 Å². The largest absolute Gasteiger partial charge is 0.302 e. The fourth-order valence-corrected chi connectivity index (χ4v) is 0.309. The van der Waals surface area contributed by atoms with Crippen LogP contribution in [0.25, 0.3) is 0 Å². The minimum Gasteiger partial charge on any atom is -0.302 e. The Labute approximate surface area is 56.5 Å². The van der Waals surface area contributed by atoms with Crippen molar-refractivity contribution < 1.29 is 4.84 Å². The van der Waals surface area contributed by atoms with Crippen molar-refractivity contribution in [2.45, 2.75) is 32.9 Å². The number of nitrogens with one attached hydrogen (secondary N) is 1. The van der Waals surface area contributed by atoms with Crippen LogP contribution in [0.5, 0.6) is 0 Å². The number of nitrogens with two attached hydrogens (primary N) is 1. The van der Waals surface area contributed by atoms with Crippen LogP contribution in [0, 0.1) is 0 Å². The first kappa shape index (κ1) is 8.88. The molecular formula is C6H16N2O. The molecule has 3 N–H and O–H groups in total. The molecule has 0 spiro atoms. The second kappa shape index (κ2) is 3.82. The fraction of sp³-hybridized carbons (Fsp3) is 1.00. The Balaban J connectivity index is 3.33. The van der Waals surface area contributed by atoms with Gasteiger partial charge in [0, 0.05) is 6.54 Å². The molecule has 0 aromatic heterocycles. The van der Waals surface area contributed by atoms with E-state index in [9.17, 15) is 0 Å². The van der Waals surface area contributed by atoms with E-state index in [0.29, 0.717) is 0 Å². The van der Waals surface area contributed by atoms with Gasteiger partial charge >= 0.3 is 0 Å². The maximum Gasteiger partial charge on any atom is 0.134 e. The molecular weight excluding hydrogens is 116 g/mol. The van der Waals surface area contributed by atoms with Crippen molar-refractivity contribution in [3.05, 3.63) is 0 Å². The molecule has 0 aliphatic rings. The van der Waals surface area contributed by atoms with Crippen LogP contribution in [0.4, 0.5) is 0 Å². The van der Waals surface area contributed by atoms with Crippen LogP contribution in [0.15, 0.2) is 0 Å². The summed E-state index contributed by atoms with van der Waals surface area (Å²) in [5.41, 5.74) is 7.81. The summed E-state index contributed by atoms with van der Waals surface area (Å²) in [5, 5.41) is 0. The van der Waals surface area contributed by atoms with Crippen molar-refractivity contribution in [2.24, 2.45) is 5.73 Å². The van der Waals surface area contributed by atoms with E-state index in [0.717, 1.165) is 13.0 Å². The van der Waals surface area contributed by atoms with E-state index in [2.05, 4.69) is 5.48 Å². The lowest BCUT2D eigenvalue weighted by molar-refractivity contribution is -0.0919. The molecule has 1 atom stereocenters. The maximum atomic E-state index is 5.62. The van der Waals surface area contributed by atoms with Crippen LogP contribution in [-0.2, 0) is 4.84 Å². The monoisotopic (exact) mass is 132 g/mol. The molecule has 0 aromatic rings. The Morgan fingerprint density at radius 1 is 1.56 bits per heavy atom. The van der Waals surface area contributed by atoms with Crippen LogP contribution in [-0.4, -0.2) is 12.3 Å².